The fourth-order valence-corrected chi connectivity index (χ4v) is 5.13. The van der Waals surface area contributed by atoms with E-state index in [1.807, 2.05) is 0 Å². The highest BCUT2D eigenvalue weighted by atomic mass is 28.2. The van der Waals surface area contributed by atoms with Crippen LogP contribution < -0.4 is 5.19 Å². The SMILES string of the molecule is CCCCCCCCCCCCCCCCCC[SiH]c1c(F)c(F)c(F)c(F)c1F. The average molecular weight is 450 g/mol. The molecule has 0 N–H and O–H groups in total. The van der Waals surface area contributed by atoms with Gasteiger partial charge in [0, 0.05) is 5.19 Å². The van der Waals surface area contributed by atoms with Gasteiger partial charge < -0.3 is 0 Å². The Bertz CT molecular complexity index is 562. The van der Waals surface area contributed by atoms with Crippen molar-refractivity contribution >= 4 is 14.7 Å². The van der Waals surface area contributed by atoms with Crippen LogP contribution in [0.3, 0.4) is 0 Å². The van der Waals surface area contributed by atoms with E-state index in [0.717, 1.165) is 25.7 Å². The van der Waals surface area contributed by atoms with Gasteiger partial charge in [0.2, 0.25) is 5.82 Å². The zero-order valence-electron chi connectivity index (χ0n) is 18.5. The number of hydrogen-bond acceptors (Lipinski definition) is 0. The van der Waals surface area contributed by atoms with Gasteiger partial charge in [0.15, 0.2) is 23.3 Å². The molecule has 0 aliphatic rings. The molecular formula is C24H38F5Si. The molecule has 0 bridgehead atoms. The lowest BCUT2D eigenvalue weighted by molar-refractivity contribution is 0.384. The fourth-order valence-electron chi connectivity index (χ4n) is 3.74. The first-order chi connectivity index (χ1) is 14.5. The molecule has 173 valence electrons. The van der Waals surface area contributed by atoms with Crippen LogP contribution in [0.1, 0.15) is 110 Å². The Kier molecular flexibility index (Phi) is 15.1. The lowest BCUT2D eigenvalue weighted by atomic mass is 10.0. The van der Waals surface area contributed by atoms with Crippen molar-refractivity contribution in [3.8, 4) is 0 Å². The van der Waals surface area contributed by atoms with Crippen molar-refractivity contribution < 1.29 is 22.0 Å². The summed E-state index contributed by atoms with van der Waals surface area (Å²) in [4.78, 5) is 0. The zero-order valence-corrected chi connectivity index (χ0v) is 19.6. The van der Waals surface area contributed by atoms with E-state index in [-0.39, 0.29) is 0 Å². The number of rotatable bonds is 18. The van der Waals surface area contributed by atoms with Crippen molar-refractivity contribution in [2.45, 2.75) is 116 Å². The molecule has 0 aliphatic carbocycles. The third-order valence-electron chi connectivity index (χ3n) is 5.65. The van der Waals surface area contributed by atoms with Gasteiger partial charge in [-0.25, -0.2) is 22.0 Å². The second-order valence-electron chi connectivity index (χ2n) is 8.28. The Hall–Kier alpha value is -0.913. The molecule has 0 amide bonds. The average Bonchev–Trinajstić information content (AvgIpc) is 2.75. The minimum Gasteiger partial charge on any atom is -0.204 e. The van der Waals surface area contributed by atoms with Crippen LogP contribution in [0.2, 0.25) is 6.04 Å². The smallest absolute Gasteiger partial charge is 0.200 e. The molecule has 0 aromatic heterocycles. The summed E-state index contributed by atoms with van der Waals surface area (Å²) in [6.45, 7) is 2.24. The maximum Gasteiger partial charge on any atom is 0.200 e. The maximum atomic E-state index is 13.6. The normalized spacial score (nSPS) is 11.4. The largest absolute Gasteiger partial charge is 0.204 e. The molecule has 0 unspecified atom stereocenters. The third-order valence-corrected chi connectivity index (χ3v) is 7.26. The molecule has 1 aromatic carbocycles. The number of hydrogen-bond donors (Lipinski definition) is 0. The number of benzene rings is 1. The summed E-state index contributed by atoms with van der Waals surface area (Å²) in [7, 11) is -0.942. The van der Waals surface area contributed by atoms with Gasteiger partial charge in [0.1, 0.15) is 0 Å². The van der Waals surface area contributed by atoms with Gasteiger partial charge in [0.25, 0.3) is 0 Å². The van der Waals surface area contributed by atoms with E-state index in [1.165, 1.54) is 77.0 Å². The molecule has 0 saturated heterocycles. The Morgan fingerprint density at radius 1 is 0.433 bits per heavy atom. The van der Waals surface area contributed by atoms with Crippen LogP contribution >= 0.6 is 0 Å². The monoisotopic (exact) mass is 449 g/mol. The molecule has 0 fully saturated rings. The van der Waals surface area contributed by atoms with E-state index in [9.17, 15) is 22.0 Å². The molecule has 0 aliphatic heterocycles. The third kappa shape index (κ3) is 10.4. The second-order valence-corrected chi connectivity index (χ2v) is 9.84. The lowest BCUT2D eigenvalue weighted by Crippen LogP contribution is -2.27. The van der Waals surface area contributed by atoms with E-state index < -0.39 is 43.8 Å². The molecule has 0 nitrogen and oxygen atoms in total. The summed E-state index contributed by atoms with van der Waals surface area (Å²) < 4.78 is 66.6. The van der Waals surface area contributed by atoms with Gasteiger partial charge in [-0.1, -0.05) is 116 Å². The fraction of sp³-hybridized carbons (Fsp3) is 0.750. The highest BCUT2D eigenvalue weighted by Gasteiger charge is 2.25. The summed E-state index contributed by atoms with van der Waals surface area (Å²) >= 11 is 0. The Morgan fingerprint density at radius 3 is 1.10 bits per heavy atom. The predicted molar refractivity (Wildman–Crippen MR) is 117 cm³/mol. The van der Waals surface area contributed by atoms with Crippen LogP contribution in [-0.4, -0.2) is 9.52 Å². The van der Waals surface area contributed by atoms with Crippen molar-refractivity contribution in [1.82, 2.24) is 0 Å². The van der Waals surface area contributed by atoms with Crippen LogP contribution in [0.5, 0.6) is 0 Å². The minimum absolute atomic E-state index is 0.511. The van der Waals surface area contributed by atoms with Crippen molar-refractivity contribution in [2.75, 3.05) is 0 Å². The summed E-state index contributed by atoms with van der Waals surface area (Å²) in [6, 6.07) is 0.511. The highest BCUT2D eigenvalue weighted by molar-refractivity contribution is 6.53. The highest BCUT2D eigenvalue weighted by Crippen LogP contribution is 2.17. The van der Waals surface area contributed by atoms with Gasteiger partial charge in [-0.3, -0.25) is 0 Å². The van der Waals surface area contributed by atoms with E-state index in [4.69, 9.17) is 0 Å². The molecule has 1 radical (unpaired) electrons. The summed E-state index contributed by atoms with van der Waals surface area (Å²) in [5.41, 5.74) is 0. The molecule has 0 saturated carbocycles. The maximum absolute atomic E-state index is 13.6. The molecule has 1 rings (SSSR count). The summed E-state index contributed by atoms with van der Waals surface area (Å²) in [5, 5.41) is -0.604. The van der Waals surface area contributed by atoms with Crippen LogP contribution in [0, 0.1) is 29.1 Å². The lowest BCUT2D eigenvalue weighted by Gasteiger charge is -2.07. The van der Waals surface area contributed by atoms with Crippen molar-refractivity contribution in [2.24, 2.45) is 0 Å². The molecule has 6 heteroatoms. The number of halogens is 5. The predicted octanol–water partition coefficient (Wildman–Crippen LogP) is 8.12. The van der Waals surface area contributed by atoms with Crippen LogP contribution in [0.4, 0.5) is 22.0 Å². The quantitative estimate of drug-likeness (QED) is 0.0698. The molecule has 0 heterocycles. The molecule has 30 heavy (non-hydrogen) atoms. The van der Waals surface area contributed by atoms with Crippen LogP contribution in [0.15, 0.2) is 0 Å². The standard InChI is InChI=1S/C24H38F5Si/c1-2-3-4-5-6-7-8-9-10-11-12-13-14-15-16-17-18-30-24-22(28)20(26)19(25)21(27)23(24)29/h30H,2-18H2,1H3. The Balaban J connectivity index is 1.95. The molecule has 0 atom stereocenters. The molecular weight excluding hydrogens is 411 g/mol. The molecule has 1 aromatic rings. The van der Waals surface area contributed by atoms with Gasteiger partial charge >= 0.3 is 0 Å². The van der Waals surface area contributed by atoms with Crippen LogP contribution in [-0.2, 0) is 0 Å². The number of unbranched alkanes of at least 4 members (excludes halogenated alkanes) is 15. The van der Waals surface area contributed by atoms with Crippen molar-refractivity contribution in [1.29, 1.82) is 0 Å². The van der Waals surface area contributed by atoms with Crippen molar-refractivity contribution in [3.05, 3.63) is 29.1 Å². The van der Waals surface area contributed by atoms with E-state index >= 15 is 0 Å². The van der Waals surface area contributed by atoms with Crippen molar-refractivity contribution in [3.63, 3.8) is 0 Å². The second kappa shape index (κ2) is 16.7. The van der Waals surface area contributed by atoms with E-state index in [0.29, 0.717) is 6.04 Å². The van der Waals surface area contributed by atoms with Gasteiger partial charge in [-0.15, -0.1) is 0 Å². The van der Waals surface area contributed by atoms with Gasteiger partial charge in [0.05, 0.1) is 9.52 Å². The Morgan fingerprint density at radius 2 is 0.733 bits per heavy atom. The minimum atomic E-state index is -2.07. The summed E-state index contributed by atoms with van der Waals surface area (Å²) in [5.74, 6) is -9.04. The Labute approximate surface area is 181 Å². The van der Waals surface area contributed by atoms with Gasteiger partial charge in [-0.05, 0) is 0 Å². The topological polar surface area (TPSA) is 0 Å². The molecule has 0 spiro atoms. The van der Waals surface area contributed by atoms with Crippen LogP contribution in [0.25, 0.3) is 0 Å². The van der Waals surface area contributed by atoms with Gasteiger partial charge in [-0.2, -0.15) is 0 Å². The first-order valence-electron chi connectivity index (χ1n) is 11.8. The first kappa shape index (κ1) is 27.1. The first-order valence-corrected chi connectivity index (χ1v) is 13.2. The summed E-state index contributed by atoms with van der Waals surface area (Å²) in [6.07, 6.45) is 19.9. The van der Waals surface area contributed by atoms with E-state index in [2.05, 4.69) is 6.92 Å². The van der Waals surface area contributed by atoms with E-state index in [1.54, 1.807) is 0 Å². The zero-order chi connectivity index (χ0) is 22.2.